The molecule has 0 radical (unpaired) electrons. The van der Waals surface area contributed by atoms with Gasteiger partial charge in [-0.3, -0.25) is 14.9 Å². The lowest BCUT2D eigenvalue weighted by atomic mass is 9.85. The van der Waals surface area contributed by atoms with Crippen molar-refractivity contribution in [3.8, 4) is 0 Å². The van der Waals surface area contributed by atoms with Crippen molar-refractivity contribution >= 4 is 17.3 Å². The van der Waals surface area contributed by atoms with E-state index >= 15 is 0 Å². The number of benzene rings is 1. The zero-order valence-corrected chi connectivity index (χ0v) is 9.61. The van der Waals surface area contributed by atoms with Crippen LogP contribution in [0.1, 0.15) is 19.4 Å². The van der Waals surface area contributed by atoms with E-state index in [0.29, 0.717) is 5.01 Å². The minimum absolute atomic E-state index is 0.0378. The van der Waals surface area contributed by atoms with Crippen LogP contribution in [0, 0.1) is 20.2 Å². The van der Waals surface area contributed by atoms with Gasteiger partial charge in [0.25, 0.3) is 11.6 Å². The molecule has 1 amide bonds. The standard InChI is InChI=1S/C10H9N3O5/c1-10(2)8-6(11(9(10)14)13(17)18)4-3-5-7(8)12(15)16/h3-5H,1-2H3. The molecule has 1 heterocycles. The number of carbonyl (C=O) groups is 1. The fourth-order valence-corrected chi connectivity index (χ4v) is 2.14. The lowest BCUT2D eigenvalue weighted by Crippen LogP contribution is -2.39. The maximum atomic E-state index is 12.0. The summed E-state index contributed by atoms with van der Waals surface area (Å²) in [6.07, 6.45) is 0. The van der Waals surface area contributed by atoms with Crippen LogP contribution in [0.15, 0.2) is 18.2 Å². The molecule has 94 valence electrons. The molecule has 0 fully saturated rings. The highest BCUT2D eigenvalue weighted by Crippen LogP contribution is 2.46. The van der Waals surface area contributed by atoms with Gasteiger partial charge in [-0.15, -0.1) is 0 Å². The summed E-state index contributed by atoms with van der Waals surface area (Å²) in [7, 11) is 0. The summed E-state index contributed by atoms with van der Waals surface area (Å²) in [5.74, 6) is -0.781. The van der Waals surface area contributed by atoms with Gasteiger partial charge in [0, 0.05) is 6.07 Å². The monoisotopic (exact) mass is 251 g/mol. The van der Waals surface area contributed by atoms with E-state index < -0.39 is 21.3 Å². The van der Waals surface area contributed by atoms with Gasteiger partial charge in [0.05, 0.1) is 15.9 Å². The number of hydrogen-bond donors (Lipinski definition) is 0. The third kappa shape index (κ3) is 1.35. The molecule has 0 bridgehead atoms. The maximum Gasteiger partial charge on any atom is 0.299 e. The molecule has 0 aliphatic carbocycles. The normalized spacial score (nSPS) is 16.6. The number of rotatable bonds is 2. The molecule has 0 spiro atoms. The van der Waals surface area contributed by atoms with Crippen LogP contribution in [0.25, 0.3) is 0 Å². The van der Waals surface area contributed by atoms with Crippen molar-refractivity contribution in [3.05, 3.63) is 44.0 Å². The molecule has 1 aromatic rings. The zero-order chi connectivity index (χ0) is 13.7. The summed E-state index contributed by atoms with van der Waals surface area (Å²) < 4.78 is 0. The second-order valence-electron chi connectivity index (χ2n) is 4.41. The summed E-state index contributed by atoms with van der Waals surface area (Å²) in [4.78, 5) is 33.1. The molecule has 2 rings (SSSR count). The number of nitro groups is 2. The Kier molecular flexibility index (Phi) is 2.32. The van der Waals surface area contributed by atoms with Crippen molar-refractivity contribution in [1.82, 2.24) is 0 Å². The van der Waals surface area contributed by atoms with Crippen LogP contribution in [0.3, 0.4) is 0 Å². The van der Waals surface area contributed by atoms with Gasteiger partial charge >= 0.3 is 0 Å². The topological polar surface area (TPSA) is 107 Å². The first-order valence-electron chi connectivity index (χ1n) is 5.05. The highest BCUT2D eigenvalue weighted by molar-refractivity contribution is 6.07. The zero-order valence-electron chi connectivity index (χ0n) is 9.61. The Bertz CT molecular complexity index is 581. The summed E-state index contributed by atoms with van der Waals surface area (Å²) in [6, 6.07) is 3.89. The smallest absolute Gasteiger partial charge is 0.267 e. The first-order valence-corrected chi connectivity index (χ1v) is 5.05. The van der Waals surface area contributed by atoms with Crippen LogP contribution >= 0.6 is 0 Å². The number of carbonyl (C=O) groups excluding carboxylic acids is 1. The van der Waals surface area contributed by atoms with E-state index in [-0.39, 0.29) is 16.9 Å². The molecule has 8 nitrogen and oxygen atoms in total. The van der Waals surface area contributed by atoms with Crippen molar-refractivity contribution in [2.45, 2.75) is 19.3 Å². The van der Waals surface area contributed by atoms with Crippen LogP contribution in [-0.2, 0) is 10.2 Å². The maximum absolute atomic E-state index is 12.0. The molecule has 0 saturated heterocycles. The van der Waals surface area contributed by atoms with Crippen molar-refractivity contribution in [2.75, 3.05) is 5.01 Å². The SMILES string of the molecule is CC1(C)C(=O)N([N+](=O)[O-])c2cccc([N+](=O)[O-])c21. The van der Waals surface area contributed by atoms with Gasteiger partial charge in [-0.05, 0) is 24.9 Å². The minimum Gasteiger partial charge on any atom is -0.267 e. The van der Waals surface area contributed by atoms with Crippen molar-refractivity contribution in [3.63, 3.8) is 0 Å². The summed E-state index contributed by atoms with van der Waals surface area (Å²) in [5, 5.41) is 21.3. The van der Waals surface area contributed by atoms with Crippen LogP contribution in [0.5, 0.6) is 0 Å². The van der Waals surface area contributed by atoms with Crippen LogP contribution < -0.4 is 5.01 Å². The van der Waals surface area contributed by atoms with Gasteiger partial charge in [-0.25, -0.2) is 10.1 Å². The van der Waals surface area contributed by atoms with Crippen LogP contribution in [0.2, 0.25) is 0 Å². The Balaban J connectivity index is 2.79. The van der Waals surface area contributed by atoms with Gasteiger partial charge in [0.15, 0.2) is 5.03 Å². The molecular weight excluding hydrogens is 242 g/mol. The highest BCUT2D eigenvalue weighted by atomic mass is 16.7. The number of hydrazine groups is 1. The molecule has 18 heavy (non-hydrogen) atoms. The summed E-state index contributed by atoms with van der Waals surface area (Å²) >= 11 is 0. The van der Waals surface area contributed by atoms with Crippen LogP contribution in [-0.4, -0.2) is 15.9 Å². The second-order valence-corrected chi connectivity index (χ2v) is 4.41. The van der Waals surface area contributed by atoms with Crippen molar-refractivity contribution < 1.29 is 14.8 Å². The summed E-state index contributed by atoms with van der Waals surface area (Å²) in [5.41, 5.74) is -1.53. The van der Waals surface area contributed by atoms with Gasteiger partial charge in [-0.1, -0.05) is 6.07 Å². The van der Waals surface area contributed by atoms with Gasteiger partial charge in [-0.2, -0.15) is 0 Å². The molecule has 1 aromatic carbocycles. The Morgan fingerprint density at radius 1 is 1.22 bits per heavy atom. The quantitative estimate of drug-likeness (QED) is 0.583. The second kappa shape index (κ2) is 3.49. The molecule has 1 aliphatic rings. The van der Waals surface area contributed by atoms with Gasteiger partial charge in [0.1, 0.15) is 5.69 Å². The van der Waals surface area contributed by atoms with Gasteiger partial charge in [0.2, 0.25) is 0 Å². The van der Waals surface area contributed by atoms with E-state index in [0.717, 1.165) is 0 Å². The van der Waals surface area contributed by atoms with E-state index in [9.17, 15) is 25.0 Å². The highest BCUT2D eigenvalue weighted by Gasteiger charge is 2.53. The lowest BCUT2D eigenvalue weighted by Gasteiger charge is -2.14. The first kappa shape index (κ1) is 12.0. The molecule has 0 aromatic heterocycles. The number of nitrogens with zero attached hydrogens (tertiary/aromatic N) is 3. The van der Waals surface area contributed by atoms with Crippen molar-refractivity contribution in [2.24, 2.45) is 0 Å². The van der Waals surface area contributed by atoms with E-state index in [4.69, 9.17) is 0 Å². The average Bonchev–Trinajstić information content (AvgIpc) is 2.47. The lowest BCUT2D eigenvalue weighted by molar-refractivity contribution is -0.483. The number of hydrogen-bond acceptors (Lipinski definition) is 5. The fraction of sp³-hybridized carbons (Fsp3) is 0.300. The molecule has 0 saturated carbocycles. The molecule has 1 aliphatic heterocycles. The first-order chi connectivity index (χ1) is 8.28. The summed E-state index contributed by atoms with van der Waals surface area (Å²) in [6.45, 7) is 2.87. The Morgan fingerprint density at radius 2 is 1.83 bits per heavy atom. The number of nitro benzene ring substituents is 1. The Labute approximate surface area is 101 Å². The largest absolute Gasteiger partial charge is 0.299 e. The van der Waals surface area contributed by atoms with Crippen molar-refractivity contribution in [1.29, 1.82) is 0 Å². The molecule has 0 unspecified atom stereocenters. The Morgan fingerprint density at radius 3 is 2.33 bits per heavy atom. The van der Waals surface area contributed by atoms with E-state index in [2.05, 4.69) is 0 Å². The fourth-order valence-electron chi connectivity index (χ4n) is 2.14. The molecule has 0 N–H and O–H groups in total. The number of anilines is 1. The molecule has 0 atom stereocenters. The number of fused-ring (bicyclic) bond motifs is 1. The van der Waals surface area contributed by atoms with E-state index in [1.807, 2.05) is 0 Å². The number of amides is 1. The predicted octanol–water partition coefficient (Wildman–Crippen LogP) is 1.41. The molecular formula is C10H9N3O5. The van der Waals surface area contributed by atoms with Gasteiger partial charge < -0.3 is 0 Å². The van der Waals surface area contributed by atoms with E-state index in [1.54, 1.807) is 0 Å². The third-order valence-electron chi connectivity index (χ3n) is 2.96. The van der Waals surface area contributed by atoms with Crippen LogP contribution in [0.4, 0.5) is 11.4 Å². The van der Waals surface area contributed by atoms with E-state index in [1.165, 1.54) is 32.0 Å². The average molecular weight is 251 g/mol. The minimum atomic E-state index is -1.29. The third-order valence-corrected chi connectivity index (χ3v) is 2.96. The predicted molar refractivity (Wildman–Crippen MR) is 60.6 cm³/mol. The molecule has 8 heteroatoms. The Hall–Kier alpha value is -2.51.